The highest BCUT2D eigenvalue weighted by Crippen LogP contribution is 2.32. The Hall–Kier alpha value is -2.20. The number of para-hydroxylation sites is 2. The van der Waals surface area contributed by atoms with Gasteiger partial charge in [-0.3, -0.25) is 4.79 Å². The van der Waals surface area contributed by atoms with Gasteiger partial charge in [0.05, 0.1) is 12.1 Å². The maximum Gasteiger partial charge on any atom is 0.206 e. The summed E-state index contributed by atoms with van der Waals surface area (Å²) in [4.78, 5) is 12.5. The van der Waals surface area contributed by atoms with Gasteiger partial charge >= 0.3 is 0 Å². The predicted molar refractivity (Wildman–Crippen MR) is 78.7 cm³/mol. The number of halogens is 1. The van der Waals surface area contributed by atoms with Gasteiger partial charge in [-0.1, -0.05) is 23.7 Å². The van der Waals surface area contributed by atoms with Crippen molar-refractivity contribution in [1.82, 2.24) is 0 Å². The van der Waals surface area contributed by atoms with Crippen molar-refractivity contribution in [3.8, 4) is 17.2 Å². The molecular formula is C16H13ClO4. The molecule has 0 aliphatic carbocycles. The van der Waals surface area contributed by atoms with E-state index in [1.807, 2.05) is 12.1 Å². The summed E-state index contributed by atoms with van der Waals surface area (Å²) >= 11 is 6.04. The van der Waals surface area contributed by atoms with Crippen LogP contribution in [0, 0.1) is 0 Å². The Labute approximate surface area is 127 Å². The molecule has 108 valence electrons. The maximum absolute atomic E-state index is 12.5. The predicted octanol–water partition coefficient (Wildman–Crippen LogP) is 3.37. The first-order valence-electron chi connectivity index (χ1n) is 6.45. The minimum absolute atomic E-state index is 0.172. The van der Waals surface area contributed by atoms with E-state index in [2.05, 4.69) is 0 Å². The lowest BCUT2D eigenvalue weighted by atomic mass is 10.1. The van der Waals surface area contributed by atoms with Crippen LogP contribution < -0.4 is 14.2 Å². The molecular weight excluding hydrogens is 292 g/mol. The number of methoxy groups -OCH3 is 1. The fraction of sp³-hybridized carbons (Fsp3) is 0.188. The molecule has 1 aliphatic heterocycles. The van der Waals surface area contributed by atoms with Gasteiger partial charge in [-0.15, -0.1) is 0 Å². The average molecular weight is 305 g/mol. The van der Waals surface area contributed by atoms with Gasteiger partial charge in [-0.25, -0.2) is 0 Å². The summed E-state index contributed by atoms with van der Waals surface area (Å²) in [6.45, 7) is 0.180. The molecule has 1 aliphatic rings. The Morgan fingerprint density at radius 1 is 1.24 bits per heavy atom. The summed E-state index contributed by atoms with van der Waals surface area (Å²) in [5.74, 6) is 1.57. The topological polar surface area (TPSA) is 44.8 Å². The molecule has 2 aromatic carbocycles. The second-order valence-corrected chi connectivity index (χ2v) is 4.99. The van der Waals surface area contributed by atoms with Crippen LogP contribution in [0.3, 0.4) is 0 Å². The van der Waals surface area contributed by atoms with E-state index in [4.69, 9.17) is 25.8 Å². The first-order valence-corrected chi connectivity index (χ1v) is 6.83. The minimum Gasteiger partial charge on any atom is -0.495 e. The quantitative estimate of drug-likeness (QED) is 0.816. The van der Waals surface area contributed by atoms with Crippen LogP contribution in [-0.4, -0.2) is 25.6 Å². The number of hydrogen-bond acceptors (Lipinski definition) is 4. The van der Waals surface area contributed by atoms with E-state index in [-0.39, 0.29) is 12.4 Å². The van der Waals surface area contributed by atoms with Crippen LogP contribution in [0.25, 0.3) is 0 Å². The van der Waals surface area contributed by atoms with Gasteiger partial charge in [-0.05, 0) is 30.3 Å². The number of fused-ring (bicyclic) bond motifs is 1. The van der Waals surface area contributed by atoms with Gasteiger partial charge in [0.25, 0.3) is 0 Å². The van der Waals surface area contributed by atoms with Gasteiger partial charge < -0.3 is 14.2 Å². The highest BCUT2D eigenvalue weighted by molar-refractivity contribution is 6.32. The van der Waals surface area contributed by atoms with E-state index in [1.54, 1.807) is 30.3 Å². The van der Waals surface area contributed by atoms with E-state index in [9.17, 15) is 4.79 Å². The largest absolute Gasteiger partial charge is 0.495 e. The lowest BCUT2D eigenvalue weighted by Crippen LogP contribution is -2.36. The van der Waals surface area contributed by atoms with Crippen LogP contribution in [0.1, 0.15) is 10.4 Å². The molecule has 0 N–H and O–H groups in total. The van der Waals surface area contributed by atoms with Crippen molar-refractivity contribution in [3.63, 3.8) is 0 Å². The van der Waals surface area contributed by atoms with E-state index in [0.717, 1.165) is 0 Å². The van der Waals surface area contributed by atoms with Crippen molar-refractivity contribution >= 4 is 17.4 Å². The molecule has 2 aromatic rings. The Morgan fingerprint density at radius 2 is 2.00 bits per heavy atom. The molecule has 21 heavy (non-hydrogen) atoms. The summed E-state index contributed by atoms with van der Waals surface area (Å²) in [6.07, 6.45) is -0.677. The molecule has 4 nitrogen and oxygen atoms in total. The SMILES string of the molecule is COc1ccc(C(=O)C2COc3ccccc3O2)cc1Cl. The Balaban J connectivity index is 1.82. The molecule has 3 rings (SSSR count). The van der Waals surface area contributed by atoms with Crippen LogP contribution in [0.2, 0.25) is 5.02 Å². The van der Waals surface area contributed by atoms with Crippen LogP contribution in [0.4, 0.5) is 0 Å². The lowest BCUT2D eigenvalue weighted by molar-refractivity contribution is 0.0586. The monoisotopic (exact) mass is 304 g/mol. The molecule has 0 radical (unpaired) electrons. The van der Waals surface area contributed by atoms with Crippen LogP contribution in [-0.2, 0) is 0 Å². The fourth-order valence-corrected chi connectivity index (χ4v) is 2.41. The summed E-state index contributed by atoms with van der Waals surface area (Å²) in [7, 11) is 1.53. The van der Waals surface area contributed by atoms with Crippen LogP contribution in [0.15, 0.2) is 42.5 Å². The standard InChI is InChI=1S/C16H13ClO4/c1-19-12-7-6-10(8-11(12)17)16(18)15-9-20-13-4-2-3-5-14(13)21-15/h2-8,15H,9H2,1H3. The Kier molecular flexibility index (Phi) is 3.71. The van der Waals surface area contributed by atoms with Gasteiger partial charge in [-0.2, -0.15) is 0 Å². The molecule has 1 heterocycles. The molecule has 0 saturated carbocycles. The maximum atomic E-state index is 12.5. The number of rotatable bonds is 3. The smallest absolute Gasteiger partial charge is 0.206 e. The summed E-state index contributed by atoms with van der Waals surface area (Å²) in [6, 6.07) is 12.2. The number of benzene rings is 2. The number of carbonyl (C=O) groups is 1. The fourth-order valence-electron chi connectivity index (χ4n) is 2.15. The third kappa shape index (κ3) is 2.67. The molecule has 0 saturated heterocycles. The lowest BCUT2D eigenvalue weighted by Gasteiger charge is -2.25. The summed E-state index contributed by atoms with van der Waals surface area (Å²) in [5, 5.41) is 0.389. The highest BCUT2D eigenvalue weighted by atomic mass is 35.5. The van der Waals surface area contributed by atoms with Crippen LogP contribution >= 0.6 is 11.6 Å². The zero-order valence-electron chi connectivity index (χ0n) is 11.3. The van der Waals surface area contributed by atoms with Gasteiger partial charge in [0.15, 0.2) is 17.6 Å². The first kappa shape index (κ1) is 13.8. The van der Waals surface area contributed by atoms with Crippen molar-refractivity contribution < 1.29 is 19.0 Å². The highest BCUT2D eigenvalue weighted by Gasteiger charge is 2.28. The van der Waals surface area contributed by atoms with Crippen molar-refractivity contribution in [2.45, 2.75) is 6.10 Å². The first-order chi connectivity index (χ1) is 10.2. The number of ether oxygens (including phenoxy) is 3. The summed E-state index contributed by atoms with van der Waals surface area (Å²) in [5.41, 5.74) is 0.466. The third-order valence-electron chi connectivity index (χ3n) is 3.24. The normalized spacial score (nSPS) is 16.4. The van der Waals surface area contributed by atoms with Gasteiger partial charge in [0.2, 0.25) is 5.78 Å². The molecule has 0 spiro atoms. The Morgan fingerprint density at radius 3 is 2.71 bits per heavy atom. The van der Waals surface area contributed by atoms with E-state index in [0.29, 0.717) is 27.8 Å². The van der Waals surface area contributed by atoms with E-state index in [1.165, 1.54) is 7.11 Å². The number of ketones is 1. The van der Waals surface area contributed by atoms with Crippen LogP contribution in [0.5, 0.6) is 17.2 Å². The van der Waals surface area contributed by atoms with E-state index >= 15 is 0 Å². The van der Waals surface area contributed by atoms with Gasteiger partial charge in [0, 0.05) is 5.56 Å². The van der Waals surface area contributed by atoms with Gasteiger partial charge in [0.1, 0.15) is 12.4 Å². The Bertz CT molecular complexity index is 684. The number of Topliss-reactive ketones (excluding diaryl/α,β-unsaturated/α-hetero) is 1. The van der Waals surface area contributed by atoms with E-state index < -0.39 is 6.10 Å². The molecule has 1 atom stereocenters. The molecule has 5 heteroatoms. The van der Waals surface area contributed by atoms with Crippen molar-refractivity contribution in [1.29, 1.82) is 0 Å². The minimum atomic E-state index is -0.677. The van der Waals surface area contributed by atoms with Crippen molar-refractivity contribution in [2.24, 2.45) is 0 Å². The summed E-state index contributed by atoms with van der Waals surface area (Å²) < 4.78 is 16.3. The molecule has 0 aromatic heterocycles. The van der Waals surface area contributed by atoms with Crippen molar-refractivity contribution in [2.75, 3.05) is 13.7 Å². The molecule has 0 fully saturated rings. The second kappa shape index (κ2) is 5.66. The molecule has 0 amide bonds. The average Bonchev–Trinajstić information content (AvgIpc) is 2.53. The van der Waals surface area contributed by atoms with Crippen molar-refractivity contribution in [3.05, 3.63) is 53.1 Å². The number of carbonyl (C=O) groups excluding carboxylic acids is 1. The third-order valence-corrected chi connectivity index (χ3v) is 3.53. The molecule has 0 bridgehead atoms. The zero-order valence-corrected chi connectivity index (χ0v) is 12.1. The zero-order chi connectivity index (χ0) is 14.8. The second-order valence-electron chi connectivity index (χ2n) is 4.58. The number of hydrogen-bond donors (Lipinski definition) is 0. The molecule has 1 unspecified atom stereocenters.